The third kappa shape index (κ3) is 1.95. The molecule has 25 heavy (non-hydrogen) atoms. The molecule has 4 heterocycles. The number of aryl methyl sites for hydroxylation is 1. The minimum absolute atomic E-state index is 0.0245. The maximum Gasteiger partial charge on any atom is 0.272 e. The van der Waals surface area contributed by atoms with Crippen molar-refractivity contribution in [2.75, 3.05) is 13.1 Å². The van der Waals surface area contributed by atoms with Crippen molar-refractivity contribution in [3.05, 3.63) is 41.5 Å². The predicted molar refractivity (Wildman–Crippen MR) is 89.9 cm³/mol. The van der Waals surface area contributed by atoms with E-state index in [0.717, 1.165) is 0 Å². The normalized spacial score (nSPS) is 23.0. The predicted octanol–water partition coefficient (Wildman–Crippen LogP) is 2.14. The summed E-state index contributed by atoms with van der Waals surface area (Å²) in [5, 5.41) is 3.83. The molecule has 1 saturated heterocycles. The van der Waals surface area contributed by atoms with Gasteiger partial charge in [-0.05, 0) is 19.1 Å². The van der Waals surface area contributed by atoms with Crippen LogP contribution in [0.15, 0.2) is 29.1 Å². The summed E-state index contributed by atoms with van der Waals surface area (Å²) in [6.45, 7) is 9.56. The zero-order valence-corrected chi connectivity index (χ0v) is 14.9. The minimum atomic E-state index is -0.725. The molecular weight excluding hydrogens is 320 g/mol. The van der Waals surface area contributed by atoms with Crippen LogP contribution in [-0.2, 0) is 6.54 Å². The van der Waals surface area contributed by atoms with Crippen molar-refractivity contribution < 1.29 is 14.1 Å². The number of rotatable bonds is 1. The van der Waals surface area contributed by atoms with E-state index in [1.165, 1.54) is 6.26 Å². The summed E-state index contributed by atoms with van der Waals surface area (Å²) in [6, 6.07) is 3.71. The number of fused-ring (bicyclic) bond motifs is 2. The topological polar surface area (TPSA) is 71.6 Å². The van der Waals surface area contributed by atoms with Gasteiger partial charge in [0.1, 0.15) is 23.2 Å². The number of hydrogen-bond donors (Lipinski definition) is 0. The standard InChI is InChI=1S/C18H22N4O3/c1-12-13(10-25-19-12)15(23)21-8-9-22-16(24)14-6-5-7-20(14)11-18(21,22)17(2,3)4/h5-7,10H,8-9,11H2,1-4H3. The van der Waals surface area contributed by atoms with Crippen LogP contribution in [0.1, 0.15) is 47.3 Å². The molecule has 0 aromatic carbocycles. The van der Waals surface area contributed by atoms with Gasteiger partial charge in [0.25, 0.3) is 11.8 Å². The number of amides is 2. The molecule has 1 unspecified atom stereocenters. The Kier molecular flexibility index (Phi) is 3.17. The molecule has 132 valence electrons. The monoisotopic (exact) mass is 342 g/mol. The Balaban J connectivity index is 1.86. The minimum Gasteiger partial charge on any atom is -0.364 e. The lowest BCUT2D eigenvalue weighted by Gasteiger charge is -2.54. The van der Waals surface area contributed by atoms with E-state index in [2.05, 4.69) is 25.9 Å². The van der Waals surface area contributed by atoms with Gasteiger partial charge in [-0.25, -0.2) is 0 Å². The Bertz CT molecular complexity index is 860. The van der Waals surface area contributed by atoms with Gasteiger partial charge in [-0.1, -0.05) is 25.9 Å². The van der Waals surface area contributed by atoms with Gasteiger partial charge in [0.05, 0.1) is 12.2 Å². The first kappa shape index (κ1) is 15.9. The third-order valence-corrected chi connectivity index (χ3v) is 5.55. The lowest BCUT2D eigenvalue weighted by Crippen LogP contribution is -2.68. The molecule has 2 aliphatic heterocycles. The average molecular weight is 342 g/mol. The Labute approximate surface area is 146 Å². The highest BCUT2D eigenvalue weighted by molar-refractivity contribution is 5.98. The fraction of sp³-hybridized carbons (Fsp3) is 0.500. The molecule has 2 amide bonds. The second-order valence-electron chi connectivity index (χ2n) is 7.82. The van der Waals surface area contributed by atoms with Crippen molar-refractivity contribution in [3.63, 3.8) is 0 Å². The molecule has 0 aliphatic carbocycles. The van der Waals surface area contributed by atoms with Crippen molar-refractivity contribution in [2.45, 2.75) is 39.9 Å². The van der Waals surface area contributed by atoms with Crippen LogP contribution < -0.4 is 0 Å². The SMILES string of the molecule is Cc1nocc1C(=O)N1CCN2C(=O)c3cccn3CC12C(C)(C)C. The molecular formula is C18H22N4O3. The first-order valence-corrected chi connectivity index (χ1v) is 8.47. The van der Waals surface area contributed by atoms with Crippen LogP contribution in [0.5, 0.6) is 0 Å². The number of nitrogens with zero attached hydrogens (tertiary/aromatic N) is 4. The Morgan fingerprint density at radius 3 is 2.72 bits per heavy atom. The summed E-state index contributed by atoms with van der Waals surface area (Å²) in [5.74, 6) is -0.164. The maximum atomic E-state index is 13.3. The van der Waals surface area contributed by atoms with E-state index in [0.29, 0.717) is 36.6 Å². The van der Waals surface area contributed by atoms with Gasteiger partial charge in [-0.3, -0.25) is 9.59 Å². The van der Waals surface area contributed by atoms with Gasteiger partial charge in [0.15, 0.2) is 0 Å². The summed E-state index contributed by atoms with van der Waals surface area (Å²) in [5.41, 5.74) is 0.640. The summed E-state index contributed by atoms with van der Waals surface area (Å²) in [4.78, 5) is 30.0. The van der Waals surface area contributed by atoms with Gasteiger partial charge in [-0.2, -0.15) is 0 Å². The molecule has 0 radical (unpaired) electrons. The number of hydrogen-bond acceptors (Lipinski definition) is 4. The molecule has 0 saturated carbocycles. The molecule has 7 nitrogen and oxygen atoms in total. The van der Waals surface area contributed by atoms with Crippen molar-refractivity contribution in [2.24, 2.45) is 5.41 Å². The first-order valence-electron chi connectivity index (χ1n) is 8.47. The van der Waals surface area contributed by atoms with Gasteiger partial charge in [0.2, 0.25) is 0 Å². The molecule has 0 bridgehead atoms. The smallest absolute Gasteiger partial charge is 0.272 e. The molecule has 1 fully saturated rings. The number of carbonyl (C=O) groups excluding carboxylic acids is 2. The fourth-order valence-corrected chi connectivity index (χ4v) is 4.24. The van der Waals surface area contributed by atoms with Gasteiger partial charge < -0.3 is 18.9 Å². The van der Waals surface area contributed by atoms with Crippen LogP contribution in [0, 0.1) is 12.3 Å². The highest BCUT2D eigenvalue weighted by atomic mass is 16.5. The fourth-order valence-electron chi connectivity index (χ4n) is 4.24. The molecule has 0 spiro atoms. The van der Waals surface area contributed by atoms with Crippen LogP contribution >= 0.6 is 0 Å². The van der Waals surface area contributed by atoms with Crippen LogP contribution in [0.25, 0.3) is 0 Å². The van der Waals surface area contributed by atoms with E-state index in [4.69, 9.17) is 4.52 Å². The Hall–Kier alpha value is -2.57. The van der Waals surface area contributed by atoms with Gasteiger partial charge >= 0.3 is 0 Å². The van der Waals surface area contributed by atoms with E-state index in [-0.39, 0.29) is 17.2 Å². The summed E-state index contributed by atoms with van der Waals surface area (Å²) in [7, 11) is 0. The van der Waals surface area contributed by atoms with Crippen molar-refractivity contribution in [1.29, 1.82) is 0 Å². The van der Waals surface area contributed by atoms with Gasteiger partial charge in [0, 0.05) is 24.7 Å². The maximum absolute atomic E-state index is 13.3. The summed E-state index contributed by atoms with van der Waals surface area (Å²) >= 11 is 0. The average Bonchev–Trinajstić information content (AvgIpc) is 3.23. The second-order valence-corrected chi connectivity index (χ2v) is 7.82. The Morgan fingerprint density at radius 2 is 2.08 bits per heavy atom. The Morgan fingerprint density at radius 1 is 1.32 bits per heavy atom. The van der Waals surface area contributed by atoms with Gasteiger partial charge in [-0.15, -0.1) is 0 Å². The second kappa shape index (κ2) is 4.97. The number of carbonyl (C=O) groups is 2. The molecule has 1 atom stereocenters. The van der Waals surface area contributed by atoms with E-state index in [9.17, 15) is 9.59 Å². The van der Waals surface area contributed by atoms with Crippen molar-refractivity contribution in [3.8, 4) is 0 Å². The molecule has 2 aromatic heterocycles. The third-order valence-electron chi connectivity index (χ3n) is 5.55. The van der Waals surface area contributed by atoms with Crippen LogP contribution in [0.2, 0.25) is 0 Å². The van der Waals surface area contributed by atoms with E-state index >= 15 is 0 Å². The quantitative estimate of drug-likeness (QED) is 0.796. The largest absolute Gasteiger partial charge is 0.364 e. The first-order chi connectivity index (χ1) is 11.8. The van der Waals surface area contributed by atoms with Crippen LogP contribution in [0.4, 0.5) is 0 Å². The molecule has 2 aromatic rings. The van der Waals surface area contributed by atoms with Crippen molar-refractivity contribution in [1.82, 2.24) is 19.5 Å². The zero-order valence-electron chi connectivity index (χ0n) is 14.9. The summed E-state index contributed by atoms with van der Waals surface area (Å²) in [6.07, 6.45) is 3.30. The highest BCUT2D eigenvalue weighted by Gasteiger charge is 2.60. The van der Waals surface area contributed by atoms with Crippen LogP contribution in [0.3, 0.4) is 0 Å². The molecule has 0 N–H and O–H groups in total. The number of aromatic nitrogens is 2. The summed E-state index contributed by atoms with van der Waals surface area (Å²) < 4.78 is 6.92. The lowest BCUT2D eigenvalue weighted by molar-refractivity contribution is -0.0667. The lowest BCUT2D eigenvalue weighted by atomic mass is 9.77. The van der Waals surface area contributed by atoms with E-state index in [1.54, 1.807) is 6.92 Å². The van der Waals surface area contributed by atoms with E-state index < -0.39 is 5.66 Å². The van der Waals surface area contributed by atoms with Crippen molar-refractivity contribution >= 4 is 11.8 Å². The highest BCUT2D eigenvalue weighted by Crippen LogP contribution is 2.47. The van der Waals surface area contributed by atoms with Crippen LogP contribution in [-0.4, -0.2) is 50.1 Å². The molecule has 7 heteroatoms. The van der Waals surface area contributed by atoms with E-state index in [1.807, 2.05) is 32.7 Å². The molecule has 2 aliphatic rings. The molecule has 4 rings (SSSR count). The zero-order chi connectivity index (χ0) is 18.0.